The molecule has 0 fully saturated rings. The first-order chi connectivity index (χ1) is 6.92. The Bertz CT molecular complexity index is 326. The lowest BCUT2D eigenvalue weighted by molar-refractivity contribution is 0.0276. The van der Waals surface area contributed by atoms with Crippen LogP contribution in [0.5, 0.6) is 11.5 Å². The van der Waals surface area contributed by atoms with Crippen LogP contribution in [0.4, 0.5) is 0 Å². The molecule has 1 N–H and O–H groups in total. The van der Waals surface area contributed by atoms with E-state index in [1.54, 1.807) is 21.0 Å². The molecule has 0 aliphatic carbocycles. The number of aliphatic hydroxyl groups is 1. The first-order valence-corrected chi connectivity index (χ1v) is 4.92. The van der Waals surface area contributed by atoms with E-state index in [0.29, 0.717) is 11.5 Å². The first-order valence-electron chi connectivity index (χ1n) is 4.92. The van der Waals surface area contributed by atoms with Crippen LogP contribution in [-0.2, 0) is 0 Å². The van der Waals surface area contributed by atoms with Crippen molar-refractivity contribution in [1.29, 1.82) is 0 Å². The molecule has 0 unspecified atom stereocenters. The zero-order valence-electron chi connectivity index (χ0n) is 9.70. The van der Waals surface area contributed by atoms with Crippen molar-refractivity contribution in [3.63, 3.8) is 0 Å². The van der Waals surface area contributed by atoms with Crippen LogP contribution in [-0.4, -0.2) is 24.4 Å². The molecule has 0 aliphatic rings. The molecule has 0 bridgehead atoms. The molecule has 0 saturated carbocycles. The summed E-state index contributed by atoms with van der Waals surface area (Å²) in [5.74, 6) is 1.35. The van der Waals surface area contributed by atoms with Gasteiger partial charge in [0.25, 0.3) is 0 Å². The average molecular weight is 210 g/mol. The summed E-state index contributed by atoms with van der Waals surface area (Å²) < 4.78 is 10.7. The van der Waals surface area contributed by atoms with E-state index in [4.69, 9.17) is 9.47 Å². The number of rotatable bonds is 4. The normalized spacial score (nSPS) is 11.3. The van der Waals surface area contributed by atoms with Crippen molar-refractivity contribution >= 4 is 0 Å². The van der Waals surface area contributed by atoms with Crippen molar-refractivity contribution in [1.82, 2.24) is 0 Å². The Kier molecular flexibility index (Phi) is 3.58. The van der Waals surface area contributed by atoms with E-state index >= 15 is 0 Å². The molecule has 0 amide bonds. The van der Waals surface area contributed by atoms with E-state index in [2.05, 4.69) is 0 Å². The van der Waals surface area contributed by atoms with Crippen LogP contribution in [0.3, 0.4) is 0 Å². The Hall–Kier alpha value is -1.22. The lowest BCUT2D eigenvalue weighted by Gasteiger charge is -2.19. The van der Waals surface area contributed by atoms with E-state index in [9.17, 15) is 5.11 Å². The zero-order valence-corrected chi connectivity index (χ0v) is 9.70. The maximum absolute atomic E-state index is 9.53. The highest BCUT2D eigenvalue weighted by Gasteiger charge is 2.14. The van der Waals surface area contributed by atoms with Crippen molar-refractivity contribution in [2.45, 2.75) is 26.4 Å². The molecule has 0 aromatic heterocycles. The van der Waals surface area contributed by atoms with Gasteiger partial charge in [-0.15, -0.1) is 0 Å². The first kappa shape index (κ1) is 11.9. The van der Waals surface area contributed by atoms with Gasteiger partial charge in [0, 0.05) is 0 Å². The van der Waals surface area contributed by atoms with Crippen LogP contribution in [0.25, 0.3) is 0 Å². The van der Waals surface area contributed by atoms with Gasteiger partial charge in [0.2, 0.25) is 0 Å². The second-order valence-corrected chi connectivity index (χ2v) is 4.26. The molecule has 0 radical (unpaired) electrons. The lowest BCUT2D eigenvalue weighted by Crippen LogP contribution is -2.27. The van der Waals surface area contributed by atoms with Crippen LogP contribution in [0.2, 0.25) is 0 Å². The van der Waals surface area contributed by atoms with Crippen molar-refractivity contribution < 1.29 is 14.6 Å². The third-order valence-corrected chi connectivity index (χ3v) is 1.90. The van der Waals surface area contributed by atoms with Crippen LogP contribution in [0.15, 0.2) is 18.2 Å². The van der Waals surface area contributed by atoms with Gasteiger partial charge >= 0.3 is 0 Å². The molecule has 84 valence electrons. The summed E-state index contributed by atoms with van der Waals surface area (Å²) in [5.41, 5.74) is 0.276. The lowest BCUT2D eigenvalue weighted by atomic mass is 10.1. The fourth-order valence-electron chi connectivity index (χ4n) is 1.15. The number of aryl methyl sites for hydroxylation is 1. The summed E-state index contributed by atoms with van der Waals surface area (Å²) in [7, 11) is 1.60. The molecule has 0 saturated heterocycles. The Labute approximate surface area is 90.6 Å². The van der Waals surface area contributed by atoms with E-state index in [1.165, 1.54) is 0 Å². The third kappa shape index (κ3) is 3.80. The van der Waals surface area contributed by atoms with E-state index in [1.807, 2.05) is 25.1 Å². The predicted molar refractivity (Wildman–Crippen MR) is 59.5 cm³/mol. The highest BCUT2D eigenvalue weighted by Crippen LogP contribution is 2.28. The molecule has 1 rings (SSSR count). The highest BCUT2D eigenvalue weighted by atomic mass is 16.5. The van der Waals surface area contributed by atoms with Gasteiger partial charge in [-0.2, -0.15) is 0 Å². The quantitative estimate of drug-likeness (QED) is 0.827. The van der Waals surface area contributed by atoms with Crippen molar-refractivity contribution in [3.05, 3.63) is 23.8 Å². The number of hydrogen-bond acceptors (Lipinski definition) is 3. The topological polar surface area (TPSA) is 38.7 Å². The van der Waals surface area contributed by atoms with E-state index in [-0.39, 0.29) is 6.61 Å². The number of methoxy groups -OCH3 is 1. The van der Waals surface area contributed by atoms with Gasteiger partial charge in [0.1, 0.15) is 6.61 Å². The van der Waals surface area contributed by atoms with Gasteiger partial charge in [-0.1, -0.05) is 6.07 Å². The van der Waals surface area contributed by atoms with Gasteiger partial charge < -0.3 is 14.6 Å². The highest BCUT2D eigenvalue weighted by molar-refractivity contribution is 5.42. The molecule has 0 atom stereocenters. The smallest absolute Gasteiger partial charge is 0.161 e. The molecule has 15 heavy (non-hydrogen) atoms. The minimum absolute atomic E-state index is 0.242. The second-order valence-electron chi connectivity index (χ2n) is 4.26. The molecule has 1 aromatic rings. The Morgan fingerprint density at radius 1 is 1.27 bits per heavy atom. The summed E-state index contributed by atoms with van der Waals surface area (Å²) in [6.07, 6.45) is 0. The van der Waals surface area contributed by atoms with Gasteiger partial charge in [0.15, 0.2) is 11.5 Å². The van der Waals surface area contributed by atoms with Crippen LogP contribution in [0.1, 0.15) is 19.4 Å². The number of benzene rings is 1. The zero-order chi connectivity index (χ0) is 11.5. The van der Waals surface area contributed by atoms with Crippen LogP contribution >= 0.6 is 0 Å². The Balaban J connectivity index is 2.76. The van der Waals surface area contributed by atoms with Gasteiger partial charge in [-0.3, -0.25) is 0 Å². The molecular weight excluding hydrogens is 192 g/mol. The van der Waals surface area contributed by atoms with Gasteiger partial charge in [-0.25, -0.2) is 0 Å². The van der Waals surface area contributed by atoms with Crippen LogP contribution in [0, 0.1) is 6.92 Å². The average Bonchev–Trinajstić information content (AvgIpc) is 2.14. The summed E-state index contributed by atoms with van der Waals surface area (Å²) in [4.78, 5) is 0. The summed E-state index contributed by atoms with van der Waals surface area (Å²) >= 11 is 0. The number of hydrogen-bond donors (Lipinski definition) is 1. The van der Waals surface area contributed by atoms with Gasteiger partial charge in [0.05, 0.1) is 12.7 Å². The van der Waals surface area contributed by atoms with E-state index < -0.39 is 5.60 Å². The van der Waals surface area contributed by atoms with E-state index in [0.717, 1.165) is 5.56 Å². The summed E-state index contributed by atoms with van der Waals surface area (Å²) in [5, 5.41) is 9.53. The van der Waals surface area contributed by atoms with Crippen molar-refractivity contribution in [3.8, 4) is 11.5 Å². The molecule has 3 heteroatoms. The maximum atomic E-state index is 9.53. The van der Waals surface area contributed by atoms with Crippen LogP contribution < -0.4 is 9.47 Å². The fraction of sp³-hybridized carbons (Fsp3) is 0.500. The monoisotopic (exact) mass is 210 g/mol. The molecule has 1 aromatic carbocycles. The molecule has 0 heterocycles. The molecule has 0 aliphatic heterocycles. The maximum Gasteiger partial charge on any atom is 0.161 e. The van der Waals surface area contributed by atoms with Crippen molar-refractivity contribution in [2.24, 2.45) is 0 Å². The minimum atomic E-state index is -0.837. The van der Waals surface area contributed by atoms with Gasteiger partial charge in [-0.05, 0) is 38.5 Å². The predicted octanol–water partition coefficient (Wildman–Crippen LogP) is 2.15. The summed E-state index contributed by atoms with van der Waals surface area (Å²) in [6, 6.07) is 5.70. The summed E-state index contributed by atoms with van der Waals surface area (Å²) in [6.45, 7) is 5.63. The Morgan fingerprint density at radius 3 is 2.47 bits per heavy atom. The Morgan fingerprint density at radius 2 is 1.93 bits per heavy atom. The third-order valence-electron chi connectivity index (χ3n) is 1.90. The standard InChI is InChI=1S/C12H18O3/c1-9-5-6-10(11(7-9)14-4)15-8-12(2,3)13/h5-7,13H,8H2,1-4H3. The fourth-order valence-corrected chi connectivity index (χ4v) is 1.15. The van der Waals surface area contributed by atoms with Crippen molar-refractivity contribution in [2.75, 3.05) is 13.7 Å². The molecule has 3 nitrogen and oxygen atoms in total. The SMILES string of the molecule is COc1cc(C)ccc1OCC(C)(C)O. The second kappa shape index (κ2) is 4.53. The molecule has 0 spiro atoms. The largest absolute Gasteiger partial charge is 0.493 e. The molecular formula is C12H18O3. The minimum Gasteiger partial charge on any atom is -0.493 e. The number of ether oxygens (including phenoxy) is 2.